The van der Waals surface area contributed by atoms with Crippen molar-refractivity contribution in [1.82, 2.24) is 9.80 Å². The van der Waals surface area contributed by atoms with E-state index in [1.54, 1.807) is 0 Å². The summed E-state index contributed by atoms with van der Waals surface area (Å²) in [7, 11) is 3.91. The number of hydrogen-bond acceptors (Lipinski definition) is 8. The lowest BCUT2D eigenvalue weighted by Gasteiger charge is -2.38. The Morgan fingerprint density at radius 1 is 0.528 bits per heavy atom. The minimum atomic E-state index is -1.32. The number of carbonyl (C=O) groups is 2. The number of fused-ring (bicyclic) bond motifs is 2. The SMILES string of the molecule is CN1C[C@H](OC(=O)[C@@H]2[C@H](C(=O)O[C@@H]3C[C@@H](C(O)(c4ccccc4)c4ccccc4)N(C)C3)[C@@H]3C=C[C@H]2C3)C[C@H]1C(O)(c1ccccc1)c1ccccc1. The first kappa shape index (κ1) is 35.4. The zero-order chi connectivity index (χ0) is 36.7. The van der Waals surface area contributed by atoms with Gasteiger partial charge in [0.05, 0.1) is 23.9 Å². The summed E-state index contributed by atoms with van der Waals surface area (Å²) in [6.07, 6.45) is 4.79. The number of ether oxygens (including phenoxy) is 2. The monoisotopic (exact) mass is 712 g/mol. The van der Waals surface area contributed by atoms with E-state index in [-0.39, 0.29) is 35.9 Å². The van der Waals surface area contributed by atoms with Crippen molar-refractivity contribution >= 4 is 11.9 Å². The van der Waals surface area contributed by atoms with E-state index in [1.807, 2.05) is 148 Å². The molecule has 0 amide bonds. The number of likely N-dealkylation sites (N-methyl/N-ethyl adjacent to an activating group) is 2. The van der Waals surface area contributed by atoms with Crippen LogP contribution in [-0.2, 0) is 30.3 Å². The highest BCUT2D eigenvalue weighted by atomic mass is 16.6. The summed E-state index contributed by atoms with van der Waals surface area (Å²) >= 11 is 0. The van der Waals surface area contributed by atoms with Gasteiger partial charge in [-0.25, -0.2) is 0 Å². The first-order valence-electron chi connectivity index (χ1n) is 18.8. The molecule has 2 heterocycles. The topological polar surface area (TPSA) is 99.5 Å². The Labute approximate surface area is 311 Å². The molecule has 8 rings (SSSR count). The molecule has 0 radical (unpaired) electrons. The highest BCUT2D eigenvalue weighted by Crippen LogP contribution is 2.50. The van der Waals surface area contributed by atoms with Crippen LogP contribution in [0.4, 0.5) is 0 Å². The molecule has 2 aliphatic carbocycles. The van der Waals surface area contributed by atoms with Gasteiger partial charge in [-0.15, -0.1) is 0 Å². The molecule has 0 spiro atoms. The van der Waals surface area contributed by atoms with Gasteiger partial charge in [-0.3, -0.25) is 19.4 Å². The van der Waals surface area contributed by atoms with Gasteiger partial charge in [-0.2, -0.15) is 0 Å². The van der Waals surface area contributed by atoms with Crippen molar-refractivity contribution in [1.29, 1.82) is 0 Å². The van der Waals surface area contributed by atoms with Crippen molar-refractivity contribution in [2.75, 3.05) is 27.2 Å². The number of benzene rings is 4. The minimum absolute atomic E-state index is 0.0918. The average Bonchev–Trinajstić information content (AvgIpc) is 3.99. The maximum absolute atomic E-state index is 14.1. The predicted octanol–water partition coefficient (Wildman–Crippen LogP) is 5.53. The lowest BCUT2D eigenvalue weighted by atomic mass is 9.79. The number of allylic oxidation sites excluding steroid dienone is 2. The third-order valence-electron chi connectivity index (χ3n) is 12.4. The number of rotatable bonds is 10. The lowest BCUT2D eigenvalue weighted by Crippen LogP contribution is -2.46. The van der Waals surface area contributed by atoms with Gasteiger partial charge in [-0.05, 0) is 54.6 Å². The third-order valence-corrected chi connectivity index (χ3v) is 12.4. The fraction of sp³-hybridized carbons (Fsp3) is 0.378. The van der Waals surface area contributed by atoms with Gasteiger partial charge < -0.3 is 19.7 Å². The Bertz CT molecular complexity index is 1700. The summed E-state index contributed by atoms with van der Waals surface area (Å²) in [5.74, 6) is -2.21. The van der Waals surface area contributed by atoms with Gasteiger partial charge >= 0.3 is 11.9 Å². The van der Waals surface area contributed by atoms with E-state index in [0.29, 0.717) is 32.4 Å². The quantitative estimate of drug-likeness (QED) is 0.164. The molecule has 4 aromatic carbocycles. The molecule has 3 fully saturated rings. The molecule has 8 nitrogen and oxygen atoms in total. The van der Waals surface area contributed by atoms with Gasteiger partial charge in [0.25, 0.3) is 0 Å². The maximum atomic E-state index is 14.1. The molecule has 0 aromatic heterocycles. The summed E-state index contributed by atoms with van der Waals surface area (Å²) in [6, 6.07) is 37.9. The van der Waals surface area contributed by atoms with E-state index < -0.39 is 35.2 Å². The van der Waals surface area contributed by atoms with E-state index >= 15 is 0 Å². The molecular formula is C45H48N2O6. The molecule has 8 atom stereocenters. The third kappa shape index (κ3) is 6.31. The van der Waals surface area contributed by atoms with Crippen molar-refractivity contribution in [2.24, 2.45) is 23.7 Å². The number of esters is 2. The van der Waals surface area contributed by atoms with Crippen LogP contribution in [0.25, 0.3) is 0 Å². The smallest absolute Gasteiger partial charge is 0.310 e. The van der Waals surface area contributed by atoms with Crippen LogP contribution in [-0.4, -0.2) is 83.4 Å². The van der Waals surface area contributed by atoms with E-state index in [1.165, 1.54) is 0 Å². The van der Waals surface area contributed by atoms with Crippen molar-refractivity contribution in [3.05, 3.63) is 156 Å². The first-order chi connectivity index (χ1) is 25.7. The summed E-state index contributed by atoms with van der Waals surface area (Å²) in [6.45, 7) is 0.928. The summed E-state index contributed by atoms with van der Waals surface area (Å²) in [5.41, 5.74) is 0.478. The second-order valence-corrected chi connectivity index (χ2v) is 15.5. The molecule has 2 aliphatic heterocycles. The van der Waals surface area contributed by atoms with Crippen LogP contribution in [0.3, 0.4) is 0 Å². The minimum Gasteiger partial charge on any atom is -0.461 e. The molecule has 2 bridgehead atoms. The summed E-state index contributed by atoms with van der Waals surface area (Å²) in [4.78, 5) is 32.4. The van der Waals surface area contributed by atoms with Crippen molar-refractivity contribution in [3.8, 4) is 0 Å². The molecule has 2 N–H and O–H groups in total. The highest BCUT2D eigenvalue weighted by Gasteiger charge is 2.56. The number of hydrogen-bond donors (Lipinski definition) is 2. The van der Waals surface area contributed by atoms with E-state index in [0.717, 1.165) is 22.3 Å². The maximum Gasteiger partial charge on any atom is 0.310 e. The Morgan fingerprint density at radius 2 is 0.830 bits per heavy atom. The second-order valence-electron chi connectivity index (χ2n) is 15.5. The highest BCUT2D eigenvalue weighted by molar-refractivity contribution is 5.84. The fourth-order valence-corrected chi connectivity index (χ4v) is 9.88. The van der Waals surface area contributed by atoms with Crippen LogP contribution < -0.4 is 0 Å². The normalized spacial score (nSPS) is 28.7. The zero-order valence-corrected chi connectivity index (χ0v) is 30.3. The Hall–Kier alpha value is -4.60. The molecule has 2 saturated heterocycles. The van der Waals surface area contributed by atoms with E-state index in [4.69, 9.17) is 9.47 Å². The van der Waals surface area contributed by atoms with Crippen LogP contribution in [0.2, 0.25) is 0 Å². The molecular weight excluding hydrogens is 665 g/mol. The van der Waals surface area contributed by atoms with Gasteiger partial charge in [0.1, 0.15) is 23.4 Å². The van der Waals surface area contributed by atoms with Crippen LogP contribution in [0, 0.1) is 23.7 Å². The number of nitrogens with zero attached hydrogens (tertiary/aromatic N) is 2. The fourth-order valence-electron chi connectivity index (χ4n) is 9.88. The van der Waals surface area contributed by atoms with Crippen LogP contribution in [0.1, 0.15) is 41.5 Å². The molecule has 1 saturated carbocycles. The van der Waals surface area contributed by atoms with Crippen molar-refractivity contribution in [3.63, 3.8) is 0 Å². The number of aliphatic hydroxyl groups is 2. The van der Waals surface area contributed by atoms with E-state index in [9.17, 15) is 19.8 Å². The second kappa shape index (κ2) is 14.3. The molecule has 4 aromatic rings. The number of likely N-dealkylation sites (tertiary alicyclic amines) is 2. The van der Waals surface area contributed by atoms with Crippen LogP contribution in [0.15, 0.2) is 133 Å². The lowest BCUT2D eigenvalue weighted by molar-refractivity contribution is -0.166. The molecule has 53 heavy (non-hydrogen) atoms. The average molecular weight is 713 g/mol. The van der Waals surface area contributed by atoms with Crippen LogP contribution in [0.5, 0.6) is 0 Å². The standard InChI is InChI=1S/C45H48N2O6/c1-46-28-36(26-38(46)44(50,32-15-7-3-8-16-32)33-17-9-4-10-18-33)52-42(48)40-30-23-24-31(25-30)41(40)43(49)53-37-27-39(47(2)29-37)45(51,34-19-11-5-12-20-34)35-21-13-6-14-22-35/h3-24,30-31,36-41,50-51H,25-29H2,1-2H3/t30-,31+,36-,37-,38+,39+,40-,41+/m1/s1. The number of carbonyl (C=O) groups excluding carboxylic acids is 2. The Balaban J connectivity index is 0.973. The molecule has 4 aliphatic rings. The predicted molar refractivity (Wildman–Crippen MR) is 201 cm³/mol. The first-order valence-corrected chi connectivity index (χ1v) is 18.8. The molecule has 8 heteroatoms. The molecule has 0 unspecified atom stereocenters. The summed E-state index contributed by atoms with van der Waals surface area (Å²) in [5, 5.41) is 24.9. The zero-order valence-electron chi connectivity index (χ0n) is 30.3. The van der Waals surface area contributed by atoms with Gasteiger partial charge in [0.2, 0.25) is 0 Å². The van der Waals surface area contributed by atoms with Crippen LogP contribution >= 0.6 is 0 Å². The van der Waals surface area contributed by atoms with Gasteiger partial charge in [-0.1, -0.05) is 133 Å². The molecule has 274 valence electrons. The van der Waals surface area contributed by atoms with Crippen molar-refractivity contribution < 1.29 is 29.3 Å². The summed E-state index contributed by atoms with van der Waals surface area (Å²) < 4.78 is 12.5. The van der Waals surface area contributed by atoms with Gasteiger partial charge in [0.15, 0.2) is 0 Å². The Kier molecular flexibility index (Phi) is 9.58. The largest absolute Gasteiger partial charge is 0.461 e. The van der Waals surface area contributed by atoms with Crippen molar-refractivity contribution in [2.45, 2.75) is 54.8 Å². The van der Waals surface area contributed by atoms with E-state index in [2.05, 4.69) is 9.80 Å². The van der Waals surface area contributed by atoms with Gasteiger partial charge in [0, 0.05) is 25.9 Å². The Morgan fingerprint density at radius 3 is 1.13 bits per heavy atom.